The van der Waals surface area contributed by atoms with Gasteiger partial charge in [-0.3, -0.25) is 0 Å². The molecule has 0 aliphatic rings. The Morgan fingerprint density at radius 3 is 2.73 bits per heavy atom. The second kappa shape index (κ2) is 5.65. The number of benzene rings is 2. The molecule has 1 heterocycles. The van der Waals surface area contributed by atoms with Gasteiger partial charge in [0.05, 0.1) is 15.8 Å². The van der Waals surface area contributed by atoms with Crippen LogP contribution in [0.25, 0.3) is 20.8 Å². The largest absolute Gasteiger partial charge is 0.507 e. The smallest absolute Gasteiger partial charge is 0.414 e. The van der Waals surface area contributed by atoms with Crippen LogP contribution in [0.1, 0.15) is 0 Å². The molecule has 0 atom stereocenters. The van der Waals surface area contributed by atoms with E-state index >= 15 is 0 Å². The van der Waals surface area contributed by atoms with E-state index in [4.69, 9.17) is 4.74 Å². The minimum absolute atomic E-state index is 0.195. The van der Waals surface area contributed by atoms with Crippen LogP contribution in [0.4, 0.5) is 4.79 Å². The van der Waals surface area contributed by atoms with Crippen LogP contribution in [0.3, 0.4) is 0 Å². The molecule has 0 spiro atoms. The predicted octanol–water partition coefficient (Wildman–Crippen LogP) is 3.73. The highest BCUT2D eigenvalue weighted by atomic mass is 32.1. The molecule has 1 aromatic heterocycles. The standard InChI is InChI=1S/C16H14N2O3S/c1-18(2)16(20)21-10-7-8-12-14(9-10)22-15(17-12)11-5-3-4-6-13(11)19/h3-9,19H,1-2H3. The summed E-state index contributed by atoms with van der Waals surface area (Å²) in [5, 5.41) is 10.6. The van der Waals surface area contributed by atoms with Crippen molar-refractivity contribution in [1.29, 1.82) is 0 Å². The summed E-state index contributed by atoms with van der Waals surface area (Å²) in [6.45, 7) is 0. The first-order valence-corrected chi connectivity index (χ1v) is 7.44. The lowest BCUT2D eigenvalue weighted by Gasteiger charge is -2.10. The molecule has 0 aliphatic carbocycles. The summed E-state index contributed by atoms with van der Waals surface area (Å²) in [6, 6.07) is 12.4. The molecule has 0 radical (unpaired) electrons. The average Bonchev–Trinajstić information content (AvgIpc) is 2.90. The van der Waals surface area contributed by atoms with Gasteiger partial charge in [0, 0.05) is 20.2 Å². The van der Waals surface area contributed by atoms with E-state index < -0.39 is 6.09 Å². The molecule has 0 bridgehead atoms. The fourth-order valence-electron chi connectivity index (χ4n) is 1.93. The minimum atomic E-state index is -0.426. The number of phenolic OH excluding ortho intramolecular Hbond substituents is 1. The van der Waals surface area contributed by atoms with Crippen LogP contribution in [0.15, 0.2) is 42.5 Å². The highest BCUT2D eigenvalue weighted by Gasteiger charge is 2.12. The summed E-state index contributed by atoms with van der Waals surface area (Å²) in [5.74, 6) is 0.666. The Kier molecular flexibility index (Phi) is 3.68. The van der Waals surface area contributed by atoms with Gasteiger partial charge in [-0.25, -0.2) is 9.78 Å². The summed E-state index contributed by atoms with van der Waals surface area (Å²) in [7, 11) is 3.26. The maximum absolute atomic E-state index is 11.6. The first-order chi connectivity index (χ1) is 10.5. The van der Waals surface area contributed by atoms with E-state index in [1.54, 1.807) is 44.4 Å². The molecule has 0 unspecified atom stereocenters. The number of amides is 1. The zero-order valence-electron chi connectivity index (χ0n) is 12.1. The molecule has 0 saturated carbocycles. The molecular formula is C16H14N2O3S. The van der Waals surface area contributed by atoms with Crippen molar-refractivity contribution in [3.05, 3.63) is 42.5 Å². The fraction of sp³-hybridized carbons (Fsp3) is 0.125. The van der Waals surface area contributed by atoms with Crippen molar-refractivity contribution in [2.75, 3.05) is 14.1 Å². The van der Waals surface area contributed by atoms with E-state index in [1.807, 2.05) is 12.1 Å². The van der Waals surface area contributed by atoms with Gasteiger partial charge in [-0.05, 0) is 24.3 Å². The van der Waals surface area contributed by atoms with E-state index in [0.29, 0.717) is 11.3 Å². The Labute approximate surface area is 131 Å². The number of aromatic nitrogens is 1. The maximum atomic E-state index is 11.6. The SMILES string of the molecule is CN(C)C(=O)Oc1ccc2nc(-c3ccccc3O)sc2c1. The van der Waals surface area contributed by atoms with E-state index in [9.17, 15) is 9.90 Å². The topological polar surface area (TPSA) is 62.7 Å². The number of carbonyl (C=O) groups is 1. The summed E-state index contributed by atoms with van der Waals surface area (Å²) in [5.41, 5.74) is 1.49. The van der Waals surface area contributed by atoms with Crippen LogP contribution in [-0.2, 0) is 0 Å². The third-order valence-electron chi connectivity index (χ3n) is 3.06. The predicted molar refractivity (Wildman–Crippen MR) is 86.4 cm³/mol. The van der Waals surface area contributed by atoms with Crippen molar-refractivity contribution in [2.24, 2.45) is 0 Å². The van der Waals surface area contributed by atoms with Crippen LogP contribution >= 0.6 is 11.3 Å². The lowest BCUT2D eigenvalue weighted by atomic mass is 10.2. The van der Waals surface area contributed by atoms with Gasteiger partial charge in [0.25, 0.3) is 0 Å². The molecule has 22 heavy (non-hydrogen) atoms. The van der Waals surface area contributed by atoms with Gasteiger partial charge >= 0.3 is 6.09 Å². The quantitative estimate of drug-likeness (QED) is 0.783. The Balaban J connectivity index is 1.97. The average molecular weight is 314 g/mol. The van der Waals surface area contributed by atoms with Crippen molar-refractivity contribution in [3.8, 4) is 22.1 Å². The van der Waals surface area contributed by atoms with Crippen LogP contribution in [-0.4, -0.2) is 35.2 Å². The second-order valence-electron chi connectivity index (χ2n) is 4.93. The summed E-state index contributed by atoms with van der Waals surface area (Å²) in [6.07, 6.45) is -0.426. The van der Waals surface area contributed by atoms with Crippen LogP contribution in [0, 0.1) is 0 Å². The number of fused-ring (bicyclic) bond motifs is 1. The van der Waals surface area contributed by atoms with E-state index in [0.717, 1.165) is 15.2 Å². The van der Waals surface area contributed by atoms with Gasteiger partial charge in [-0.2, -0.15) is 0 Å². The molecule has 112 valence electrons. The number of ether oxygens (including phenoxy) is 1. The zero-order valence-corrected chi connectivity index (χ0v) is 12.9. The van der Waals surface area contributed by atoms with Gasteiger partial charge in [0.15, 0.2) is 0 Å². The van der Waals surface area contributed by atoms with Crippen LogP contribution in [0.2, 0.25) is 0 Å². The zero-order chi connectivity index (χ0) is 15.7. The number of hydrogen-bond acceptors (Lipinski definition) is 5. The number of rotatable bonds is 2. The van der Waals surface area contributed by atoms with Crippen molar-refractivity contribution in [2.45, 2.75) is 0 Å². The van der Waals surface area contributed by atoms with Crippen molar-refractivity contribution in [1.82, 2.24) is 9.88 Å². The highest BCUT2D eigenvalue weighted by Crippen LogP contribution is 2.36. The molecule has 2 aromatic carbocycles. The van der Waals surface area contributed by atoms with Gasteiger partial charge in [-0.1, -0.05) is 12.1 Å². The second-order valence-corrected chi connectivity index (χ2v) is 5.96. The Bertz CT molecular complexity index is 842. The number of thiazole rings is 1. The number of para-hydroxylation sites is 1. The van der Waals surface area contributed by atoms with E-state index in [-0.39, 0.29) is 5.75 Å². The molecule has 0 saturated heterocycles. The van der Waals surface area contributed by atoms with E-state index in [1.165, 1.54) is 16.2 Å². The Hall–Kier alpha value is -2.60. The number of carbonyl (C=O) groups excluding carboxylic acids is 1. The Morgan fingerprint density at radius 2 is 2.00 bits per heavy atom. The third kappa shape index (κ3) is 2.73. The maximum Gasteiger partial charge on any atom is 0.414 e. The van der Waals surface area contributed by atoms with Gasteiger partial charge in [0.1, 0.15) is 16.5 Å². The molecular weight excluding hydrogens is 300 g/mol. The Morgan fingerprint density at radius 1 is 1.23 bits per heavy atom. The lowest BCUT2D eigenvalue weighted by molar-refractivity contribution is 0.172. The monoisotopic (exact) mass is 314 g/mol. The molecule has 1 N–H and O–H groups in total. The van der Waals surface area contributed by atoms with Crippen molar-refractivity contribution >= 4 is 27.6 Å². The number of hydrogen-bond donors (Lipinski definition) is 1. The third-order valence-corrected chi connectivity index (χ3v) is 4.12. The molecule has 0 fully saturated rings. The lowest BCUT2D eigenvalue weighted by Crippen LogP contribution is -2.25. The summed E-state index contributed by atoms with van der Waals surface area (Å²) in [4.78, 5) is 17.5. The number of phenols is 1. The first kappa shape index (κ1) is 14.3. The normalized spacial score (nSPS) is 10.6. The number of aromatic hydroxyl groups is 1. The summed E-state index contributed by atoms with van der Waals surface area (Å²) >= 11 is 1.44. The van der Waals surface area contributed by atoms with Gasteiger partial charge < -0.3 is 14.7 Å². The van der Waals surface area contributed by atoms with Crippen LogP contribution in [0.5, 0.6) is 11.5 Å². The van der Waals surface area contributed by atoms with Crippen molar-refractivity contribution < 1.29 is 14.6 Å². The van der Waals surface area contributed by atoms with E-state index in [2.05, 4.69) is 4.98 Å². The summed E-state index contributed by atoms with van der Waals surface area (Å²) < 4.78 is 6.13. The molecule has 6 heteroatoms. The molecule has 1 amide bonds. The molecule has 3 rings (SSSR count). The fourth-order valence-corrected chi connectivity index (χ4v) is 2.96. The molecule has 0 aliphatic heterocycles. The number of nitrogens with zero attached hydrogens (tertiary/aromatic N) is 2. The molecule has 3 aromatic rings. The van der Waals surface area contributed by atoms with Gasteiger partial charge in [0.2, 0.25) is 0 Å². The molecule has 5 nitrogen and oxygen atoms in total. The minimum Gasteiger partial charge on any atom is -0.507 e. The first-order valence-electron chi connectivity index (χ1n) is 6.62. The highest BCUT2D eigenvalue weighted by molar-refractivity contribution is 7.21. The van der Waals surface area contributed by atoms with Crippen molar-refractivity contribution in [3.63, 3.8) is 0 Å². The van der Waals surface area contributed by atoms with Gasteiger partial charge in [-0.15, -0.1) is 11.3 Å². The van der Waals surface area contributed by atoms with Crippen LogP contribution < -0.4 is 4.74 Å².